The van der Waals surface area contributed by atoms with Crippen molar-refractivity contribution in [1.29, 1.82) is 0 Å². The van der Waals surface area contributed by atoms with Gasteiger partial charge < -0.3 is 18.6 Å². The van der Waals surface area contributed by atoms with Gasteiger partial charge in [-0.25, -0.2) is 0 Å². The van der Waals surface area contributed by atoms with Crippen LogP contribution in [0.3, 0.4) is 0 Å². The standard InChI is InChI=1S/C56H44N2O2/c1-33-7-15-43(16-8-33)57(49-21-11-35(3)25-37(49)5)45-19-13-39-29-47-53(31-41(39)27-45)59-51-23-24-52-56(55(47)51)48-30-40-14-20-46(28-42(40)32-54(48)60-52)58(44-17-9-34(2)10-18-44)50-22-12-36(4)26-38(50)6/h7-32H,1-6H3. The lowest BCUT2D eigenvalue weighted by Gasteiger charge is -2.27. The van der Waals surface area contributed by atoms with Gasteiger partial charge in [0.15, 0.2) is 0 Å². The van der Waals surface area contributed by atoms with Crippen LogP contribution in [0.4, 0.5) is 34.1 Å². The number of furan rings is 2. The van der Waals surface area contributed by atoms with Gasteiger partial charge in [-0.15, -0.1) is 0 Å². The van der Waals surface area contributed by atoms with E-state index in [2.05, 4.69) is 209 Å². The van der Waals surface area contributed by atoms with Crippen LogP contribution < -0.4 is 9.80 Å². The van der Waals surface area contributed by atoms with E-state index in [0.29, 0.717) is 0 Å². The molecule has 0 aliphatic rings. The van der Waals surface area contributed by atoms with E-state index in [1.165, 1.54) is 33.4 Å². The smallest absolute Gasteiger partial charge is 0.136 e. The Bertz CT molecular complexity index is 3260. The minimum Gasteiger partial charge on any atom is -0.456 e. The molecule has 11 aromatic rings. The van der Waals surface area contributed by atoms with Crippen molar-refractivity contribution in [3.8, 4) is 0 Å². The van der Waals surface area contributed by atoms with Crippen LogP contribution in [0.15, 0.2) is 167 Å². The number of benzene rings is 9. The zero-order valence-corrected chi connectivity index (χ0v) is 34.7. The molecule has 0 saturated heterocycles. The molecule has 0 fully saturated rings. The Kier molecular flexibility index (Phi) is 8.15. The third-order valence-electron chi connectivity index (χ3n) is 12.2. The van der Waals surface area contributed by atoms with Crippen molar-refractivity contribution in [2.24, 2.45) is 0 Å². The fraction of sp³-hybridized carbons (Fsp3) is 0.107. The molecule has 0 spiro atoms. The summed E-state index contributed by atoms with van der Waals surface area (Å²) in [5, 5.41) is 8.89. The number of nitrogens with zero attached hydrogens (tertiary/aromatic N) is 2. The molecule has 0 amide bonds. The molecule has 0 unspecified atom stereocenters. The van der Waals surface area contributed by atoms with E-state index in [1.54, 1.807) is 0 Å². The van der Waals surface area contributed by atoms with Crippen LogP contribution in [-0.4, -0.2) is 0 Å². The molecule has 60 heavy (non-hydrogen) atoms. The number of anilines is 6. The quantitative estimate of drug-likeness (QED) is 0.168. The van der Waals surface area contributed by atoms with E-state index in [9.17, 15) is 0 Å². The van der Waals surface area contributed by atoms with Crippen LogP contribution in [0.5, 0.6) is 0 Å². The summed E-state index contributed by atoms with van der Waals surface area (Å²) < 4.78 is 13.4. The van der Waals surface area contributed by atoms with Gasteiger partial charge in [0, 0.05) is 55.7 Å². The Labute approximate surface area is 349 Å². The number of aryl methyl sites for hydroxylation is 6. The summed E-state index contributed by atoms with van der Waals surface area (Å²) in [7, 11) is 0. The molecule has 0 aliphatic carbocycles. The Hall–Kier alpha value is -7.30. The van der Waals surface area contributed by atoms with Crippen LogP contribution in [0.2, 0.25) is 0 Å². The zero-order valence-electron chi connectivity index (χ0n) is 34.7. The van der Waals surface area contributed by atoms with E-state index in [0.717, 1.165) is 99.5 Å². The van der Waals surface area contributed by atoms with Gasteiger partial charge in [0.2, 0.25) is 0 Å². The van der Waals surface area contributed by atoms with Crippen LogP contribution in [0.1, 0.15) is 33.4 Å². The second-order valence-corrected chi connectivity index (χ2v) is 16.7. The van der Waals surface area contributed by atoms with E-state index < -0.39 is 0 Å². The third kappa shape index (κ3) is 5.90. The van der Waals surface area contributed by atoms with Crippen molar-refractivity contribution < 1.29 is 8.83 Å². The van der Waals surface area contributed by atoms with Gasteiger partial charge in [0.05, 0.1) is 0 Å². The van der Waals surface area contributed by atoms with Gasteiger partial charge in [-0.1, -0.05) is 82.9 Å². The van der Waals surface area contributed by atoms with Crippen molar-refractivity contribution in [2.75, 3.05) is 9.80 Å². The third-order valence-corrected chi connectivity index (χ3v) is 12.2. The second kappa shape index (κ2) is 13.6. The highest BCUT2D eigenvalue weighted by Gasteiger charge is 2.21. The molecule has 0 saturated carbocycles. The summed E-state index contributed by atoms with van der Waals surface area (Å²) >= 11 is 0. The summed E-state index contributed by atoms with van der Waals surface area (Å²) in [6.07, 6.45) is 0. The Morgan fingerprint density at radius 3 is 1.08 bits per heavy atom. The summed E-state index contributed by atoms with van der Waals surface area (Å²) in [6.45, 7) is 12.9. The number of fused-ring (bicyclic) bond motifs is 9. The van der Waals surface area contributed by atoms with E-state index >= 15 is 0 Å². The maximum Gasteiger partial charge on any atom is 0.136 e. The average molecular weight is 777 g/mol. The topological polar surface area (TPSA) is 32.8 Å². The highest BCUT2D eigenvalue weighted by molar-refractivity contribution is 6.27. The molecule has 0 atom stereocenters. The maximum absolute atomic E-state index is 6.68. The van der Waals surface area contributed by atoms with Gasteiger partial charge in [-0.05, 0) is 171 Å². The minimum absolute atomic E-state index is 0.852. The predicted octanol–water partition coefficient (Wildman–Crippen LogP) is 16.6. The summed E-state index contributed by atoms with van der Waals surface area (Å²) in [6, 6.07) is 57.5. The molecule has 11 rings (SSSR count). The first-order valence-corrected chi connectivity index (χ1v) is 20.7. The van der Waals surface area contributed by atoms with E-state index in [-0.39, 0.29) is 0 Å². The highest BCUT2D eigenvalue weighted by atomic mass is 16.3. The van der Waals surface area contributed by atoms with Gasteiger partial charge in [0.1, 0.15) is 22.3 Å². The van der Waals surface area contributed by atoms with E-state index in [1.807, 2.05) is 0 Å². The zero-order chi connectivity index (χ0) is 40.8. The SMILES string of the molecule is Cc1ccc(N(c2ccc3cc4c(cc3c2)oc2ccc3oc5cc6cc(N(c7ccc(C)cc7)c7ccc(C)cc7C)ccc6cc5c3c24)c2ccc(C)cc2C)cc1. The van der Waals surface area contributed by atoms with Crippen LogP contribution >= 0.6 is 0 Å². The predicted molar refractivity (Wildman–Crippen MR) is 254 cm³/mol. The molecule has 2 aromatic heterocycles. The van der Waals surface area contributed by atoms with Crippen molar-refractivity contribution in [1.82, 2.24) is 0 Å². The fourth-order valence-electron chi connectivity index (χ4n) is 9.23. The molecule has 4 heteroatoms. The van der Waals surface area contributed by atoms with Gasteiger partial charge >= 0.3 is 0 Å². The molecular formula is C56H44N2O2. The Balaban J connectivity index is 1.04. The number of hydrogen-bond donors (Lipinski definition) is 0. The summed E-state index contributed by atoms with van der Waals surface area (Å²) in [4.78, 5) is 4.71. The first-order chi connectivity index (χ1) is 29.1. The number of hydrogen-bond acceptors (Lipinski definition) is 4. The molecule has 0 N–H and O–H groups in total. The Morgan fingerprint density at radius 2 is 0.683 bits per heavy atom. The molecule has 0 aliphatic heterocycles. The molecular weight excluding hydrogens is 733 g/mol. The molecule has 0 bridgehead atoms. The van der Waals surface area contributed by atoms with Crippen LogP contribution in [-0.2, 0) is 0 Å². The molecule has 4 nitrogen and oxygen atoms in total. The van der Waals surface area contributed by atoms with Gasteiger partial charge in [-0.2, -0.15) is 0 Å². The van der Waals surface area contributed by atoms with Crippen LogP contribution in [0.25, 0.3) is 65.4 Å². The van der Waals surface area contributed by atoms with Gasteiger partial charge in [0.25, 0.3) is 0 Å². The van der Waals surface area contributed by atoms with Crippen LogP contribution in [0, 0.1) is 41.5 Å². The molecule has 290 valence electrons. The lowest BCUT2D eigenvalue weighted by atomic mass is 10.00. The second-order valence-electron chi connectivity index (χ2n) is 16.7. The summed E-state index contributed by atoms with van der Waals surface area (Å²) in [5.74, 6) is 0. The average Bonchev–Trinajstić information content (AvgIpc) is 3.78. The largest absolute Gasteiger partial charge is 0.456 e. The highest BCUT2D eigenvalue weighted by Crippen LogP contribution is 2.45. The van der Waals surface area contributed by atoms with Crippen molar-refractivity contribution >= 4 is 99.5 Å². The fourth-order valence-corrected chi connectivity index (χ4v) is 9.23. The lowest BCUT2D eigenvalue weighted by Crippen LogP contribution is -2.11. The Morgan fingerprint density at radius 1 is 0.300 bits per heavy atom. The molecule has 9 aromatic carbocycles. The first-order valence-electron chi connectivity index (χ1n) is 20.7. The molecule has 2 heterocycles. The van der Waals surface area contributed by atoms with Gasteiger partial charge in [-0.3, -0.25) is 0 Å². The maximum atomic E-state index is 6.68. The van der Waals surface area contributed by atoms with Crippen molar-refractivity contribution in [3.63, 3.8) is 0 Å². The molecule has 0 radical (unpaired) electrons. The monoisotopic (exact) mass is 776 g/mol. The summed E-state index contributed by atoms with van der Waals surface area (Å²) in [5.41, 5.74) is 17.6. The first kappa shape index (κ1) is 35.8. The normalized spacial score (nSPS) is 11.8. The number of rotatable bonds is 6. The lowest BCUT2D eigenvalue weighted by molar-refractivity contribution is 0.663. The van der Waals surface area contributed by atoms with Crippen molar-refractivity contribution in [2.45, 2.75) is 41.5 Å². The van der Waals surface area contributed by atoms with Crippen molar-refractivity contribution in [3.05, 3.63) is 191 Å². The minimum atomic E-state index is 0.852. The van der Waals surface area contributed by atoms with E-state index in [4.69, 9.17) is 8.83 Å².